The van der Waals surface area contributed by atoms with Gasteiger partial charge in [-0.2, -0.15) is 0 Å². The van der Waals surface area contributed by atoms with Gasteiger partial charge in [-0.25, -0.2) is 4.98 Å². The Hall–Kier alpha value is -1.84. The Labute approximate surface area is 123 Å². The van der Waals surface area contributed by atoms with E-state index >= 15 is 0 Å². The van der Waals surface area contributed by atoms with E-state index in [1.54, 1.807) is 0 Å². The van der Waals surface area contributed by atoms with Crippen LogP contribution in [0.15, 0.2) is 29.0 Å². The number of anilines is 1. The first-order valence-electron chi connectivity index (χ1n) is 6.98. The molecule has 0 saturated heterocycles. The molecule has 0 atom stereocenters. The fourth-order valence-electron chi connectivity index (χ4n) is 1.50. The lowest BCUT2D eigenvalue weighted by molar-refractivity contribution is 1.04. The second-order valence-electron chi connectivity index (χ2n) is 4.89. The zero-order chi connectivity index (χ0) is 15.7. The van der Waals surface area contributed by atoms with E-state index < -0.39 is 0 Å². The first-order chi connectivity index (χ1) is 9.38. The summed E-state index contributed by atoms with van der Waals surface area (Å²) in [5, 5.41) is 3.07. The van der Waals surface area contributed by atoms with Gasteiger partial charge in [0.15, 0.2) is 0 Å². The smallest absolute Gasteiger partial charge is 0.207 e. The lowest BCUT2D eigenvalue weighted by Crippen LogP contribution is -2.07. The molecule has 0 aliphatic heterocycles. The molecular formula is C16H28N4. The molecule has 1 heterocycles. The number of allylic oxidation sites excluding steroid dienone is 3. The van der Waals surface area contributed by atoms with Crippen molar-refractivity contribution in [2.75, 3.05) is 12.4 Å². The molecule has 4 heteroatoms. The molecule has 1 aromatic heterocycles. The van der Waals surface area contributed by atoms with Crippen LogP contribution in [-0.2, 0) is 0 Å². The van der Waals surface area contributed by atoms with Gasteiger partial charge in [-0.1, -0.05) is 32.4 Å². The molecule has 0 fully saturated rings. The van der Waals surface area contributed by atoms with E-state index in [1.165, 1.54) is 12.0 Å². The molecule has 0 aliphatic carbocycles. The predicted molar refractivity (Wildman–Crippen MR) is 90.3 cm³/mol. The maximum absolute atomic E-state index is 4.30. The highest BCUT2D eigenvalue weighted by Crippen LogP contribution is 2.18. The van der Waals surface area contributed by atoms with Crippen LogP contribution in [0, 0.1) is 6.92 Å². The summed E-state index contributed by atoms with van der Waals surface area (Å²) in [7, 11) is 1.86. The van der Waals surface area contributed by atoms with Gasteiger partial charge >= 0.3 is 0 Å². The summed E-state index contributed by atoms with van der Waals surface area (Å²) in [4.78, 5) is 8.56. The summed E-state index contributed by atoms with van der Waals surface area (Å²) < 4.78 is 2.04. The van der Waals surface area contributed by atoms with Crippen molar-refractivity contribution in [3.8, 4) is 0 Å². The molecule has 0 saturated carbocycles. The number of hydrogen-bond acceptors (Lipinski definition) is 3. The zero-order valence-corrected chi connectivity index (χ0v) is 13.9. The number of aryl methyl sites for hydroxylation is 1. The van der Waals surface area contributed by atoms with Crippen molar-refractivity contribution < 1.29 is 0 Å². The lowest BCUT2D eigenvalue weighted by Gasteiger charge is -2.12. The van der Waals surface area contributed by atoms with Crippen molar-refractivity contribution in [1.82, 2.24) is 9.55 Å². The van der Waals surface area contributed by atoms with Crippen LogP contribution < -0.4 is 5.32 Å². The van der Waals surface area contributed by atoms with Crippen molar-refractivity contribution in [2.24, 2.45) is 4.99 Å². The number of nitrogens with one attached hydrogen (secondary N) is 1. The Morgan fingerprint density at radius 1 is 1.40 bits per heavy atom. The maximum atomic E-state index is 4.30. The third-order valence-electron chi connectivity index (χ3n) is 2.32. The number of nitrogens with zero attached hydrogens (tertiary/aromatic N) is 3. The molecule has 112 valence electrons. The average molecular weight is 276 g/mol. The number of hydrogen-bond donors (Lipinski definition) is 1. The van der Waals surface area contributed by atoms with E-state index in [0.29, 0.717) is 0 Å². The van der Waals surface area contributed by atoms with Crippen LogP contribution in [0.4, 0.5) is 5.95 Å². The van der Waals surface area contributed by atoms with Crippen molar-refractivity contribution in [3.05, 3.63) is 29.7 Å². The van der Waals surface area contributed by atoms with Gasteiger partial charge in [-0.05, 0) is 27.7 Å². The Bertz CT molecular complexity index is 489. The molecule has 0 spiro atoms. The minimum absolute atomic E-state index is 0.785. The predicted octanol–water partition coefficient (Wildman–Crippen LogP) is 4.50. The Balaban J connectivity index is 0.00000110. The summed E-state index contributed by atoms with van der Waals surface area (Å²) in [5.74, 6) is 0.812. The number of imidazole rings is 1. The topological polar surface area (TPSA) is 42.2 Å². The van der Waals surface area contributed by atoms with Gasteiger partial charge < -0.3 is 5.32 Å². The molecule has 20 heavy (non-hydrogen) atoms. The molecule has 1 rings (SSSR count). The fourth-order valence-corrected chi connectivity index (χ4v) is 1.50. The van der Waals surface area contributed by atoms with Crippen molar-refractivity contribution in [1.29, 1.82) is 0 Å². The van der Waals surface area contributed by atoms with Crippen LogP contribution in [0.5, 0.6) is 0 Å². The van der Waals surface area contributed by atoms with Gasteiger partial charge in [0.25, 0.3) is 0 Å². The molecule has 4 nitrogen and oxygen atoms in total. The molecule has 0 bridgehead atoms. The van der Waals surface area contributed by atoms with Crippen LogP contribution in [0.2, 0.25) is 0 Å². The van der Waals surface area contributed by atoms with Crippen LogP contribution >= 0.6 is 0 Å². The summed E-state index contributed by atoms with van der Waals surface area (Å²) in [6.07, 6.45) is 4.91. The quantitative estimate of drug-likeness (QED) is 0.822. The number of aromatic nitrogens is 2. The highest BCUT2D eigenvalue weighted by Gasteiger charge is 2.09. The Morgan fingerprint density at radius 3 is 2.35 bits per heavy atom. The minimum Gasteiger partial charge on any atom is -0.358 e. The molecule has 0 unspecified atom stereocenters. The highest BCUT2D eigenvalue weighted by atomic mass is 15.2. The zero-order valence-electron chi connectivity index (χ0n) is 13.9. The van der Waals surface area contributed by atoms with Crippen molar-refractivity contribution in [3.63, 3.8) is 0 Å². The molecule has 1 N–H and O–H groups in total. The van der Waals surface area contributed by atoms with Crippen molar-refractivity contribution >= 4 is 17.9 Å². The first-order valence-corrected chi connectivity index (χ1v) is 6.98. The molecule has 1 aromatic rings. The van der Waals surface area contributed by atoms with Gasteiger partial charge in [0.05, 0.1) is 18.1 Å². The van der Waals surface area contributed by atoms with Crippen LogP contribution in [0.25, 0.3) is 5.70 Å². The van der Waals surface area contributed by atoms with E-state index in [2.05, 4.69) is 49.6 Å². The summed E-state index contributed by atoms with van der Waals surface area (Å²) in [5.41, 5.74) is 4.05. The van der Waals surface area contributed by atoms with Gasteiger partial charge in [0, 0.05) is 18.4 Å². The number of rotatable bonds is 4. The highest BCUT2D eigenvalue weighted by molar-refractivity contribution is 6.04. The second kappa shape index (κ2) is 9.13. The maximum Gasteiger partial charge on any atom is 0.207 e. The SMILES string of the molecule is C=C(C)N=CC(=C(C)C)n1c(C)cnc1NC.CCC. The van der Waals surface area contributed by atoms with Gasteiger partial charge in [0.2, 0.25) is 5.95 Å². The minimum atomic E-state index is 0.785. The monoisotopic (exact) mass is 276 g/mol. The van der Waals surface area contributed by atoms with E-state index in [9.17, 15) is 0 Å². The van der Waals surface area contributed by atoms with E-state index in [1.807, 2.05) is 37.9 Å². The summed E-state index contributed by atoms with van der Waals surface area (Å²) in [6.45, 7) is 16.0. The van der Waals surface area contributed by atoms with Crippen LogP contribution in [0.1, 0.15) is 46.7 Å². The van der Waals surface area contributed by atoms with E-state index in [0.717, 1.165) is 23.0 Å². The fraction of sp³-hybridized carbons (Fsp3) is 0.500. The van der Waals surface area contributed by atoms with Gasteiger partial charge in [-0.15, -0.1) is 0 Å². The summed E-state index contributed by atoms with van der Waals surface area (Å²) >= 11 is 0. The molecular weight excluding hydrogens is 248 g/mol. The van der Waals surface area contributed by atoms with Gasteiger partial charge in [0.1, 0.15) is 0 Å². The van der Waals surface area contributed by atoms with Crippen LogP contribution in [0.3, 0.4) is 0 Å². The van der Waals surface area contributed by atoms with Gasteiger partial charge in [-0.3, -0.25) is 9.56 Å². The third kappa shape index (κ3) is 5.43. The molecule has 0 aliphatic rings. The second-order valence-corrected chi connectivity index (χ2v) is 4.89. The average Bonchev–Trinajstić information content (AvgIpc) is 2.71. The van der Waals surface area contributed by atoms with Crippen molar-refractivity contribution in [2.45, 2.75) is 48.0 Å². The third-order valence-corrected chi connectivity index (χ3v) is 2.32. The largest absolute Gasteiger partial charge is 0.358 e. The Kier molecular flexibility index (Phi) is 8.29. The molecule has 0 aromatic carbocycles. The van der Waals surface area contributed by atoms with E-state index in [-0.39, 0.29) is 0 Å². The molecule has 0 amide bonds. The Morgan fingerprint density at radius 2 is 1.95 bits per heavy atom. The van der Waals surface area contributed by atoms with Crippen LogP contribution in [-0.4, -0.2) is 22.8 Å². The lowest BCUT2D eigenvalue weighted by atomic mass is 10.2. The standard InChI is InChI=1S/C13H20N4.C3H8/c1-9(2)12(8-15-10(3)4)17-11(5)7-16-13(17)14-6;1-3-2/h7-8H,3H2,1-2,4-6H3,(H,14,16);3H2,1-2H3. The molecule has 0 radical (unpaired) electrons. The van der Waals surface area contributed by atoms with E-state index in [4.69, 9.17) is 0 Å². The first kappa shape index (κ1) is 18.2. The summed E-state index contributed by atoms with van der Waals surface area (Å²) in [6, 6.07) is 0. The number of aliphatic imine (C=N–C) groups is 1. The normalized spacial score (nSPS) is 9.95.